The number of ether oxygens (including phenoxy) is 1. The van der Waals surface area contributed by atoms with Crippen molar-refractivity contribution in [3.8, 4) is 0 Å². The van der Waals surface area contributed by atoms with Crippen LogP contribution in [0.25, 0.3) is 6.08 Å². The Balaban J connectivity index is 1.68. The molecule has 0 atom stereocenters. The quantitative estimate of drug-likeness (QED) is 0.701. The molecule has 1 aromatic heterocycles. The summed E-state index contributed by atoms with van der Waals surface area (Å²) in [5.41, 5.74) is 0.256. The van der Waals surface area contributed by atoms with Gasteiger partial charge in [-0.05, 0) is 12.0 Å². The average molecular weight is 315 g/mol. The maximum Gasteiger partial charge on any atom is 0.407 e. The number of hydrogen-bond acceptors (Lipinski definition) is 4. The summed E-state index contributed by atoms with van der Waals surface area (Å²) in [5.74, 6) is 0. The molecule has 1 amide bonds. The Morgan fingerprint density at radius 1 is 1.22 bits per heavy atom. The van der Waals surface area contributed by atoms with Gasteiger partial charge in [-0.2, -0.15) is 0 Å². The SMILES string of the molecule is O=C(NCCC=Cc1c[nH]c(=O)[nH]c1=O)OCc1ccccc1. The molecule has 0 bridgehead atoms. The van der Waals surface area contributed by atoms with Gasteiger partial charge in [0.1, 0.15) is 6.61 Å². The van der Waals surface area contributed by atoms with Gasteiger partial charge in [0.05, 0.1) is 5.56 Å². The van der Waals surface area contributed by atoms with Gasteiger partial charge in [-0.15, -0.1) is 0 Å². The van der Waals surface area contributed by atoms with Crippen molar-refractivity contribution in [1.82, 2.24) is 15.3 Å². The third kappa shape index (κ3) is 5.66. The number of aromatic amines is 2. The van der Waals surface area contributed by atoms with Gasteiger partial charge < -0.3 is 15.0 Å². The number of nitrogens with one attached hydrogen (secondary N) is 3. The van der Waals surface area contributed by atoms with Gasteiger partial charge in [0, 0.05) is 12.7 Å². The Hall–Kier alpha value is -3.09. The second kappa shape index (κ2) is 8.38. The van der Waals surface area contributed by atoms with E-state index in [4.69, 9.17) is 4.74 Å². The lowest BCUT2D eigenvalue weighted by atomic mass is 10.2. The van der Waals surface area contributed by atoms with E-state index in [1.807, 2.05) is 30.3 Å². The second-order valence-corrected chi connectivity index (χ2v) is 4.71. The topological polar surface area (TPSA) is 104 Å². The molecule has 1 aromatic carbocycles. The molecular formula is C16H17N3O4. The molecule has 0 saturated heterocycles. The number of H-pyrrole nitrogens is 2. The highest BCUT2D eigenvalue weighted by Gasteiger charge is 2.01. The molecule has 2 aromatic rings. The lowest BCUT2D eigenvalue weighted by Gasteiger charge is -2.05. The summed E-state index contributed by atoms with van der Waals surface area (Å²) in [6.07, 6.45) is 4.66. The largest absolute Gasteiger partial charge is 0.445 e. The molecule has 120 valence electrons. The fourth-order valence-electron chi connectivity index (χ4n) is 1.79. The van der Waals surface area contributed by atoms with Crippen molar-refractivity contribution in [2.75, 3.05) is 6.54 Å². The van der Waals surface area contributed by atoms with Crippen LogP contribution in [0.4, 0.5) is 4.79 Å². The Morgan fingerprint density at radius 3 is 2.74 bits per heavy atom. The van der Waals surface area contributed by atoms with Crippen molar-refractivity contribution >= 4 is 12.2 Å². The molecule has 7 heteroatoms. The Morgan fingerprint density at radius 2 is 2.00 bits per heavy atom. The molecule has 0 aliphatic heterocycles. The van der Waals surface area contributed by atoms with Crippen LogP contribution >= 0.6 is 0 Å². The summed E-state index contributed by atoms with van der Waals surface area (Å²) in [4.78, 5) is 38.3. The number of aromatic nitrogens is 2. The third-order valence-electron chi connectivity index (χ3n) is 2.94. The molecule has 0 aliphatic carbocycles. The maximum absolute atomic E-state index is 11.5. The maximum atomic E-state index is 11.5. The van der Waals surface area contributed by atoms with Crippen molar-refractivity contribution in [3.05, 3.63) is 74.6 Å². The van der Waals surface area contributed by atoms with Crippen LogP contribution in [0.1, 0.15) is 17.5 Å². The lowest BCUT2D eigenvalue weighted by molar-refractivity contribution is 0.140. The van der Waals surface area contributed by atoms with E-state index in [2.05, 4.69) is 15.3 Å². The Labute approximate surface area is 132 Å². The van der Waals surface area contributed by atoms with Crippen molar-refractivity contribution in [2.45, 2.75) is 13.0 Å². The number of rotatable bonds is 6. The van der Waals surface area contributed by atoms with Crippen molar-refractivity contribution in [3.63, 3.8) is 0 Å². The Bertz CT molecular complexity index is 778. The van der Waals surface area contributed by atoms with Gasteiger partial charge in [0.15, 0.2) is 0 Å². The minimum absolute atomic E-state index is 0.218. The van der Waals surface area contributed by atoms with Crippen LogP contribution in [-0.2, 0) is 11.3 Å². The number of carbonyl (C=O) groups excluding carboxylic acids is 1. The van der Waals surface area contributed by atoms with Crippen LogP contribution in [0.5, 0.6) is 0 Å². The zero-order chi connectivity index (χ0) is 16.5. The van der Waals surface area contributed by atoms with E-state index in [1.165, 1.54) is 6.20 Å². The summed E-state index contributed by atoms with van der Waals surface area (Å²) >= 11 is 0. The van der Waals surface area contributed by atoms with Crippen LogP contribution in [0.2, 0.25) is 0 Å². The Kier molecular flexibility index (Phi) is 5.93. The standard InChI is InChI=1S/C16H17N3O4/c20-14-13(10-18-15(21)19-14)8-4-5-9-17-16(22)23-11-12-6-2-1-3-7-12/h1-4,6-8,10H,5,9,11H2,(H,17,22)(H2,18,19,20,21). The first-order valence-corrected chi connectivity index (χ1v) is 7.08. The van der Waals surface area contributed by atoms with Gasteiger partial charge in [0.2, 0.25) is 0 Å². The number of carbonyl (C=O) groups is 1. The first-order valence-electron chi connectivity index (χ1n) is 7.08. The highest BCUT2D eigenvalue weighted by atomic mass is 16.5. The number of amides is 1. The van der Waals surface area contributed by atoms with Gasteiger partial charge in [-0.3, -0.25) is 9.78 Å². The number of alkyl carbamates (subject to hydrolysis) is 1. The molecule has 0 spiro atoms. The monoisotopic (exact) mass is 315 g/mol. The van der Waals surface area contributed by atoms with E-state index in [-0.39, 0.29) is 6.61 Å². The molecule has 0 fully saturated rings. The highest BCUT2D eigenvalue weighted by Crippen LogP contribution is 2.00. The molecule has 23 heavy (non-hydrogen) atoms. The molecule has 0 aliphatic rings. The van der Waals surface area contributed by atoms with Gasteiger partial charge >= 0.3 is 11.8 Å². The molecule has 3 N–H and O–H groups in total. The molecule has 7 nitrogen and oxygen atoms in total. The lowest BCUT2D eigenvalue weighted by Crippen LogP contribution is -2.25. The van der Waals surface area contributed by atoms with E-state index in [0.717, 1.165) is 5.56 Å². The third-order valence-corrected chi connectivity index (χ3v) is 2.94. The molecule has 0 unspecified atom stereocenters. The molecule has 0 radical (unpaired) electrons. The van der Waals surface area contributed by atoms with Crippen molar-refractivity contribution in [1.29, 1.82) is 0 Å². The van der Waals surface area contributed by atoms with E-state index in [9.17, 15) is 14.4 Å². The molecule has 1 heterocycles. The van der Waals surface area contributed by atoms with Crippen LogP contribution < -0.4 is 16.6 Å². The predicted octanol–water partition coefficient (Wildman–Crippen LogP) is 1.39. The first-order chi connectivity index (χ1) is 11.1. The normalized spacial score (nSPS) is 10.6. The van der Waals surface area contributed by atoms with Crippen LogP contribution in [0.3, 0.4) is 0 Å². The molecular weight excluding hydrogens is 298 g/mol. The van der Waals surface area contributed by atoms with E-state index in [1.54, 1.807) is 12.2 Å². The summed E-state index contributed by atoms with van der Waals surface area (Å²) in [5, 5.41) is 2.61. The van der Waals surface area contributed by atoms with E-state index < -0.39 is 17.3 Å². The fourth-order valence-corrected chi connectivity index (χ4v) is 1.79. The van der Waals surface area contributed by atoms with Gasteiger partial charge in [-0.1, -0.05) is 42.5 Å². The summed E-state index contributed by atoms with van der Waals surface area (Å²) < 4.78 is 5.06. The zero-order valence-corrected chi connectivity index (χ0v) is 12.4. The second-order valence-electron chi connectivity index (χ2n) is 4.71. The van der Waals surface area contributed by atoms with Crippen molar-refractivity contribution < 1.29 is 9.53 Å². The molecule has 0 saturated carbocycles. The van der Waals surface area contributed by atoms with Gasteiger partial charge in [-0.25, -0.2) is 9.59 Å². The van der Waals surface area contributed by atoms with E-state index in [0.29, 0.717) is 18.5 Å². The smallest absolute Gasteiger partial charge is 0.407 e. The van der Waals surface area contributed by atoms with Crippen LogP contribution in [0, 0.1) is 0 Å². The summed E-state index contributed by atoms with van der Waals surface area (Å²) in [6.45, 7) is 0.598. The minimum atomic E-state index is -0.546. The summed E-state index contributed by atoms with van der Waals surface area (Å²) in [7, 11) is 0. The fraction of sp³-hybridized carbons (Fsp3) is 0.188. The predicted molar refractivity (Wildman–Crippen MR) is 86.0 cm³/mol. The van der Waals surface area contributed by atoms with Crippen LogP contribution in [-0.4, -0.2) is 22.6 Å². The van der Waals surface area contributed by atoms with Crippen molar-refractivity contribution in [2.24, 2.45) is 0 Å². The van der Waals surface area contributed by atoms with Crippen LogP contribution in [0.15, 0.2) is 52.2 Å². The summed E-state index contributed by atoms with van der Waals surface area (Å²) in [6, 6.07) is 9.39. The average Bonchev–Trinajstić information content (AvgIpc) is 2.55. The number of hydrogen-bond donors (Lipinski definition) is 3. The van der Waals surface area contributed by atoms with Gasteiger partial charge in [0.25, 0.3) is 5.56 Å². The first kappa shape index (κ1) is 16.3. The highest BCUT2D eigenvalue weighted by molar-refractivity contribution is 5.67. The zero-order valence-electron chi connectivity index (χ0n) is 12.4. The minimum Gasteiger partial charge on any atom is -0.445 e. The number of benzene rings is 1. The molecule has 2 rings (SSSR count). The van der Waals surface area contributed by atoms with E-state index >= 15 is 0 Å².